The minimum Gasteiger partial charge on any atom is -0.356 e. The highest BCUT2D eigenvalue weighted by Crippen LogP contribution is 2.56. The van der Waals surface area contributed by atoms with E-state index in [0.29, 0.717) is 12.4 Å². The number of halogens is 3. The number of rotatable bonds is 1. The lowest BCUT2D eigenvalue weighted by molar-refractivity contribution is -0.249. The van der Waals surface area contributed by atoms with Crippen molar-refractivity contribution in [3.05, 3.63) is 24.4 Å². The summed E-state index contributed by atoms with van der Waals surface area (Å²) in [6, 6.07) is 5.32. The van der Waals surface area contributed by atoms with Gasteiger partial charge in [0.1, 0.15) is 5.82 Å². The summed E-state index contributed by atoms with van der Waals surface area (Å²) in [4.78, 5) is 5.88. The van der Waals surface area contributed by atoms with E-state index in [1.54, 1.807) is 50.1 Å². The van der Waals surface area contributed by atoms with Crippen LogP contribution in [-0.4, -0.2) is 24.2 Å². The van der Waals surface area contributed by atoms with Crippen molar-refractivity contribution in [1.29, 1.82) is 0 Å². The monoisotopic (exact) mass is 272 g/mol. The van der Waals surface area contributed by atoms with Gasteiger partial charge in [-0.05, 0) is 24.0 Å². The van der Waals surface area contributed by atoms with E-state index in [0.717, 1.165) is 0 Å². The Balaban J connectivity index is 2.32. The highest BCUT2D eigenvalue weighted by molar-refractivity contribution is 5.40. The van der Waals surface area contributed by atoms with Gasteiger partial charge in [-0.2, -0.15) is 13.2 Å². The first-order valence-electron chi connectivity index (χ1n) is 6.40. The molecule has 0 N–H and O–H groups in total. The van der Waals surface area contributed by atoms with Gasteiger partial charge in [-0.15, -0.1) is 0 Å². The van der Waals surface area contributed by atoms with E-state index in [2.05, 4.69) is 4.98 Å². The van der Waals surface area contributed by atoms with Crippen molar-refractivity contribution in [2.45, 2.75) is 33.4 Å². The number of nitrogens with zero attached hydrogens (tertiary/aromatic N) is 2. The number of hydrogen-bond donors (Lipinski definition) is 0. The average molecular weight is 272 g/mol. The predicted molar refractivity (Wildman–Crippen MR) is 69.0 cm³/mol. The molecule has 1 aromatic rings. The molecule has 1 unspecified atom stereocenters. The van der Waals surface area contributed by atoms with Gasteiger partial charge in [-0.1, -0.05) is 26.8 Å². The fourth-order valence-electron chi connectivity index (χ4n) is 2.81. The molecule has 1 fully saturated rings. The second-order valence-electron chi connectivity index (χ2n) is 6.19. The Morgan fingerprint density at radius 3 is 2.32 bits per heavy atom. The predicted octanol–water partition coefficient (Wildman–Crippen LogP) is 3.89. The largest absolute Gasteiger partial charge is 0.396 e. The fourth-order valence-corrected chi connectivity index (χ4v) is 2.81. The molecule has 2 heterocycles. The lowest BCUT2D eigenvalue weighted by atomic mass is 9.65. The topological polar surface area (TPSA) is 16.1 Å². The maximum absolute atomic E-state index is 13.6. The van der Waals surface area contributed by atoms with Gasteiger partial charge in [0.05, 0.1) is 5.41 Å². The van der Waals surface area contributed by atoms with E-state index in [4.69, 9.17) is 0 Å². The first-order chi connectivity index (χ1) is 8.67. The van der Waals surface area contributed by atoms with Crippen LogP contribution in [-0.2, 0) is 0 Å². The van der Waals surface area contributed by atoms with Crippen molar-refractivity contribution in [2.75, 3.05) is 18.0 Å². The molecule has 0 aromatic carbocycles. The summed E-state index contributed by atoms with van der Waals surface area (Å²) in [5.41, 5.74) is -2.49. The van der Waals surface area contributed by atoms with Crippen LogP contribution in [0.5, 0.6) is 0 Å². The van der Waals surface area contributed by atoms with E-state index in [1.165, 1.54) is 0 Å². The molecule has 0 radical (unpaired) electrons. The summed E-state index contributed by atoms with van der Waals surface area (Å²) >= 11 is 0. The maximum Gasteiger partial charge on any atom is 0.396 e. The molecular formula is C14H19F3N2. The molecule has 0 bridgehead atoms. The standard InChI is InChI=1S/C14H19F3N2/c1-12(2,3)13(14(15,16)17)7-9-19(10-13)11-6-4-5-8-18-11/h4-6,8H,7,9-10H2,1-3H3. The lowest BCUT2D eigenvalue weighted by Gasteiger charge is -2.43. The molecular weight excluding hydrogens is 253 g/mol. The third kappa shape index (κ3) is 2.30. The van der Waals surface area contributed by atoms with Crippen molar-refractivity contribution < 1.29 is 13.2 Å². The number of aromatic nitrogens is 1. The molecule has 0 aliphatic carbocycles. The van der Waals surface area contributed by atoms with Crippen LogP contribution in [0.2, 0.25) is 0 Å². The SMILES string of the molecule is CC(C)(C)C1(C(F)(F)F)CCN(c2ccccn2)C1. The molecule has 1 aromatic heterocycles. The second-order valence-corrected chi connectivity index (χ2v) is 6.19. The van der Waals surface area contributed by atoms with E-state index in [9.17, 15) is 13.2 Å². The minimum absolute atomic E-state index is 0.0169. The lowest BCUT2D eigenvalue weighted by Crippen LogP contribution is -2.50. The first-order valence-corrected chi connectivity index (χ1v) is 6.40. The van der Waals surface area contributed by atoms with Gasteiger partial charge in [0.15, 0.2) is 0 Å². The summed E-state index contributed by atoms with van der Waals surface area (Å²) in [5, 5.41) is 0. The van der Waals surface area contributed by atoms with Crippen LogP contribution in [0.1, 0.15) is 27.2 Å². The van der Waals surface area contributed by atoms with Crippen LogP contribution < -0.4 is 4.90 Å². The van der Waals surface area contributed by atoms with Crippen molar-refractivity contribution in [1.82, 2.24) is 4.98 Å². The molecule has 5 heteroatoms. The van der Waals surface area contributed by atoms with Gasteiger partial charge in [-0.25, -0.2) is 4.98 Å². The summed E-state index contributed by atoms with van der Waals surface area (Å²) in [5.74, 6) is 0.623. The zero-order chi connectivity index (χ0) is 14.3. The molecule has 106 valence electrons. The van der Waals surface area contributed by atoms with Crippen LogP contribution >= 0.6 is 0 Å². The molecule has 0 amide bonds. The molecule has 1 aliphatic heterocycles. The minimum atomic E-state index is -4.20. The molecule has 1 aliphatic rings. The zero-order valence-corrected chi connectivity index (χ0v) is 11.5. The van der Waals surface area contributed by atoms with Crippen molar-refractivity contribution >= 4 is 5.82 Å². The van der Waals surface area contributed by atoms with Gasteiger partial charge in [0, 0.05) is 19.3 Å². The third-order valence-electron chi connectivity index (χ3n) is 4.22. The molecule has 19 heavy (non-hydrogen) atoms. The number of alkyl halides is 3. The van der Waals surface area contributed by atoms with Crippen LogP contribution in [0.4, 0.5) is 19.0 Å². The van der Waals surface area contributed by atoms with Crippen LogP contribution in [0, 0.1) is 10.8 Å². The Hall–Kier alpha value is -1.26. The second kappa shape index (κ2) is 4.39. The average Bonchev–Trinajstić information content (AvgIpc) is 2.75. The summed E-state index contributed by atoms with van der Waals surface area (Å²) < 4.78 is 40.7. The first kappa shape index (κ1) is 14.2. The fraction of sp³-hybridized carbons (Fsp3) is 0.643. The zero-order valence-electron chi connectivity index (χ0n) is 11.5. The van der Waals surface area contributed by atoms with Crippen molar-refractivity contribution in [2.24, 2.45) is 10.8 Å². The smallest absolute Gasteiger partial charge is 0.356 e. The van der Waals surface area contributed by atoms with Crippen molar-refractivity contribution in [3.8, 4) is 0 Å². The number of pyridine rings is 1. The van der Waals surface area contributed by atoms with E-state index in [-0.39, 0.29) is 13.0 Å². The van der Waals surface area contributed by atoms with Gasteiger partial charge in [0.25, 0.3) is 0 Å². The van der Waals surface area contributed by atoms with Gasteiger partial charge < -0.3 is 4.90 Å². The summed E-state index contributed by atoms with van der Waals surface area (Å²) in [7, 11) is 0. The van der Waals surface area contributed by atoms with Gasteiger partial charge in [0.2, 0.25) is 0 Å². The molecule has 2 rings (SSSR count). The van der Waals surface area contributed by atoms with Crippen LogP contribution in [0.3, 0.4) is 0 Å². The third-order valence-corrected chi connectivity index (χ3v) is 4.22. The number of anilines is 1. The summed E-state index contributed by atoms with van der Waals surface area (Å²) in [6.45, 7) is 5.39. The van der Waals surface area contributed by atoms with Gasteiger partial charge >= 0.3 is 6.18 Å². The van der Waals surface area contributed by atoms with Crippen molar-refractivity contribution in [3.63, 3.8) is 0 Å². The van der Waals surface area contributed by atoms with E-state index in [1.807, 2.05) is 0 Å². The quantitative estimate of drug-likeness (QED) is 0.771. The molecule has 0 saturated carbocycles. The van der Waals surface area contributed by atoms with Crippen LogP contribution in [0.15, 0.2) is 24.4 Å². The Bertz CT molecular complexity index is 420. The molecule has 0 spiro atoms. The highest BCUT2D eigenvalue weighted by Gasteiger charge is 2.63. The van der Waals surface area contributed by atoms with Crippen LogP contribution in [0.25, 0.3) is 0 Å². The Kier molecular flexibility index (Phi) is 3.27. The van der Waals surface area contributed by atoms with Gasteiger partial charge in [-0.3, -0.25) is 0 Å². The van der Waals surface area contributed by atoms with E-state index < -0.39 is 17.0 Å². The molecule has 1 atom stereocenters. The highest BCUT2D eigenvalue weighted by atomic mass is 19.4. The molecule has 2 nitrogen and oxygen atoms in total. The van der Waals surface area contributed by atoms with E-state index >= 15 is 0 Å². The normalized spacial score (nSPS) is 24.8. The maximum atomic E-state index is 13.6. The Morgan fingerprint density at radius 2 is 1.89 bits per heavy atom. The molecule has 1 saturated heterocycles. The summed E-state index contributed by atoms with van der Waals surface area (Å²) in [6.07, 6.45) is -2.47. The Morgan fingerprint density at radius 1 is 1.21 bits per heavy atom. The number of hydrogen-bond acceptors (Lipinski definition) is 2. The Labute approximate surface area is 111 Å².